The second kappa shape index (κ2) is 58.4. The number of benzene rings is 6. The van der Waals surface area contributed by atoms with Crippen molar-refractivity contribution in [3.05, 3.63) is 198 Å². The molecule has 0 aromatic heterocycles. The molecule has 0 spiro atoms. The summed E-state index contributed by atoms with van der Waals surface area (Å²) < 4.78 is 145. The Morgan fingerprint density at radius 2 is 0.572 bits per heavy atom. The summed E-state index contributed by atoms with van der Waals surface area (Å²) in [6.07, 6.45) is -2.72. The highest BCUT2D eigenvalue weighted by atomic mass is 35.5. The molecule has 4 aliphatic rings. The smallest absolute Gasteiger partial charge is 0.404 e. The lowest BCUT2D eigenvalue weighted by atomic mass is 9.88. The van der Waals surface area contributed by atoms with Crippen molar-refractivity contribution in [1.82, 2.24) is 49.5 Å². The fourth-order valence-corrected chi connectivity index (χ4v) is 18.6. The lowest BCUT2D eigenvalue weighted by Crippen LogP contribution is -2.49. The number of halogens is 12. The van der Waals surface area contributed by atoms with Gasteiger partial charge in [-0.25, -0.2) is 21.2 Å². The number of sulfonamides is 2. The third kappa shape index (κ3) is 42.7. The Bertz CT molecular complexity index is 4770. The number of carbonyl (C=O) groups is 6. The monoisotopic (exact) mass is 2070 g/mol. The number of carbonyl (C=O) groups excluding carboxylic acids is 6. The van der Waals surface area contributed by atoms with E-state index in [1.165, 1.54) is 39.3 Å². The zero-order chi connectivity index (χ0) is 104. The van der Waals surface area contributed by atoms with Crippen LogP contribution in [0.3, 0.4) is 0 Å². The van der Waals surface area contributed by atoms with Crippen LogP contribution < -0.4 is 30.7 Å². The largest absolute Gasteiger partial charge is 0.573 e. The van der Waals surface area contributed by atoms with Gasteiger partial charge in [-0.15, -0.1) is 26.3 Å². The van der Waals surface area contributed by atoms with Crippen LogP contribution in [0.5, 0.6) is 11.5 Å². The van der Waals surface area contributed by atoms with Gasteiger partial charge in [-0.05, 0) is 172 Å². The molecule has 0 aliphatic carbocycles. The fourth-order valence-electron chi connectivity index (χ4n) is 16.3. The molecule has 10 rings (SSSR count). The number of hydrogen-bond donors (Lipinski definition) is 4. The molecule has 4 heterocycles. The summed E-state index contributed by atoms with van der Waals surface area (Å²) in [6.45, 7) is 42.4. The topological polar surface area (TPSA) is 257 Å². The van der Waals surface area contributed by atoms with Crippen LogP contribution in [-0.4, -0.2) is 261 Å². The molecule has 0 bridgehead atoms. The van der Waals surface area contributed by atoms with Crippen LogP contribution in [0.1, 0.15) is 205 Å². The van der Waals surface area contributed by atoms with Crippen LogP contribution in [0, 0.1) is 41.3 Å². The normalized spacial score (nSPS) is 16.9. The summed E-state index contributed by atoms with van der Waals surface area (Å²) in [5.41, 5.74) is 4.86. The number of piperidine rings is 2. The maximum atomic E-state index is 13.8. The number of nitrogens with one attached hydrogen (secondary N) is 4. The van der Waals surface area contributed by atoms with E-state index in [9.17, 15) is 76.3 Å². The molecular weight excluding hydrogens is 1930 g/mol. The average Bonchev–Trinajstić information content (AvgIpc) is 0.839. The molecular formula is C102H146Cl5F7N10O12S2. The zero-order valence-corrected chi connectivity index (χ0v) is 88.8. The van der Waals surface area contributed by atoms with Gasteiger partial charge in [0.25, 0.3) is 0 Å². The van der Waals surface area contributed by atoms with Gasteiger partial charge in [0.05, 0.1) is 53.0 Å². The quantitative estimate of drug-likeness (QED) is 0.0263. The Balaban J connectivity index is 0.000000292. The number of likely N-dealkylation sites (tertiary alicyclic amines) is 2. The van der Waals surface area contributed by atoms with Crippen LogP contribution in [0.4, 0.5) is 30.7 Å². The van der Waals surface area contributed by atoms with E-state index in [1.807, 2.05) is 170 Å². The zero-order valence-electron chi connectivity index (χ0n) is 83.4. The third-order valence-corrected chi connectivity index (χ3v) is 28.5. The summed E-state index contributed by atoms with van der Waals surface area (Å²) in [4.78, 5) is 84.5. The first-order chi connectivity index (χ1) is 64.4. The first-order valence-corrected chi connectivity index (χ1v) is 52.9. The predicted octanol–water partition coefficient (Wildman–Crippen LogP) is 19.7. The fraction of sp³-hybridized carbons (Fsp3) is 0.588. The van der Waals surface area contributed by atoms with E-state index >= 15 is 0 Å². The molecule has 6 atom stereocenters. The van der Waals surface area contributed by atoms with Gasteiger partial charge in [-0.2, -0.15) is 8.61 Å². The van der Waals surface area contributed by atoms with Crippen molar-refractivity contribution in [1.29, 1.82) is 0 Å². The molecule has 0 radical (unpaired) electrons. The van der Waals surface area contributed by atoms with Crippen LogP contribution in [0.15, 0.2) is 133 Å². The van der Waals surface area contributed by atoms with E-state index in [2.05, 4.69) is 50.3 Å². The van der Waals surface area contributed by atoms with Gasteiger partial charge in [-0.1, -0.05) is 229 Å². The van der Waals surface area contributed by atoms with Gasteiger partial charge in [-0.3, -0.25) is 38.6 Å². The minimum Gasteiger partial charge on any atom is -0.404 e. The summed E-state index contributed by atoms with van der Waals surface area (Å²) >= 11 is 29.6. The highest BCUT2D eigenvalue weighted by molar-refractivity contribution is 7.88. The van der Waals surface area contributed by atoms with Crippen molar-refractivity contribution in [3.8, 4) is 11.5 Å². The van der Waals surface area contributed by atoms with Crippen molar-refractivity contribution in [3.63, 3.8) is 0 Å². The molecule has 138 heavy (non-hydrogen) atoms. The van der Waals surface area contributed by atoms with Gasteiger partial charge in [0.1, 0.15) is 40.4 Å². The van der Waals surface area contributed by atoms with E-state index in [0.717, 1.165) is 99.3 Å². The summed E-state index contributed by atoms with van der Waals surface area (Å²) in [7, 11) is -2.22. The van der Waals surface area contributed by atoms with Gasteiger partial charge < -0.3 is 40.5 Å². The van der Waals surface area contributed by atoms with Gasteiger partial charge in [0, 0.05) is 171 Å². The molecule has 4 saturated heterocycles. The van der Waals surface area contributed by atoms with Crippen molar-refractivity contribution in [2.45, 2.75) is 209 Å². The molecule has 6 aromatic rings. The molecule has 4 fully saturated rings. The number of nitrogens with zero attached hydrogens (tertiary/aromatic N) is 6. The molecule has 0 amide bonds. The number of ketones is 6. The summed E-state index contributed by atoms with van der Waals surface area (Å²) in [5, 5.41) is 15.5. The summed E-state index contributed by atoms with van der Waals surface area (Å²) in [6, 6.07) is 39.0. The first kappa shape index (κ1) is 122. The van der Waals surface area contributed by atoms with E-state index in [0.29, 0.717) is 127 Å². The highest BCUT2D eigenvalue weighted by Gasteiger charge is 2.38. The van der Waals surface area contributed by atoms with Gasteiger partial charge in [0.15, 0.2) is 11.6 Å². The van der Waals surface area contributed by atoms with Gasteiger partial charge >= 0.3 is 12.7 Å². The number of piperazine rings is 2. The van der Waals surface area contributed by atoms with Crippen LogP contribution >= 0.6 is 58.0 Å². The lowest BCUT2D eigenvalue weighted by Gasteiger charge is -2.35. The Morgan fingerprint density at radius 3 is 0.804 bits per heavy atom. The van der Waals surface area contributed by atoms with Crippen molar-refractivity contribution in [2.24, 2.45) is 35.5 Å². The molecule has 36 heteroatoms. The SMILES string of the molecule is CC(C)C(=O)[C@@H](CN1CCN(S(C)(=O)=O)CC1)c1ccc(Cl)cc1.CC(C)C(=O)[C@H](CN1CCN(S(C)(=O)=O)CC1)c1ccc(Cl)cc1.CC(C)NC[C@@H](C(=O)C(C)C)c1ccc(Cl)c(OC(F)(F)F)c1.CC(C)NC[C@@H](C(=O)C(C)C)c1ccc(OC(F)(F)F)c(F)c1.CNC1CCN(C[C@@H](C(=O)C(C)C)c2ccc(Cl)cc2)CC1.CNC1CCN(C[C@H](C(=O)C(C)C)c2ccc(Cl)cc2)CC1. The number of ether oxygens (including phenoxy) is 2. The summed E-state index contributed by atoms with van der Waals surface area (Å²) in [5.74, 6) is -3.94. The third-order valence-electron chi connectivity index (χ3n) is 24.5. The molecule has 4 N–H and O–H groups in total. The molecule has 4 aliphatic heterocycles. The van der Waals surface area contributed by atoms with E-state index in [1.54, 1.807) is 58.0 Å². The molecule has 772 valence electrons. The Hall–Kier alpha value is -6.60. The number of rotatable bonds is 38. The number of hydrogen-bond acceptors (Lipinski definition) is 20. The minimum atomic E-state index is -4.96. The maximum absolute atomic E-state index is 13.8. The second-order valence-electron chi connectivity index (χ2n) is 38.1. The van der Waals surface area contributed by atoms with Crippen molar-refractivity contribution >= 4 is 113 Å². The Kier molecular flexibility index (Phi) is 51.6. The van der Waals surface area contributed by atoms with E-state index < -0.39 is 61.9 Å². The predicted molar refractivity (Wildman–Crippen MR) is 542 cm³/mol. The highest BCUT2D eigenvalue weighted by Crippen LogP contribution is 2.37. The molecule has 0 saturated carbocycles. The van der Waals surface area contributed by atoms with Crippen LogP contribution in [0.2, 0.25) is 25.1 Å². The van der Waals surface area contributed by atoms with Gasteiger partial charge in [0.2, 0.25) is 20.0 Å². The van der Waals surface area contributed by atoms with Crippen LogP contribution in [-0.2, 0) is 48.8 Å². The molecule has 22 nitrogen and oxygen atoms in total. The van der Waals surface area contributed by atoms with Crippen molar-refractivity contribution < 1.29 is 85.8 Å². The second-order valence-corrected chi connectivity index (χ2v) is 44.2. The average molecular weight is 2080 g/mol. The maximum Gasteiger partial charge on any atom is 0.573 e. The Labute approximate surface area is 840 Å². The van der Waals surface area contributed by atoms with E-state index in [4.69, 9.17) is 58.0 Å². The number of Topliss-reactive ketones (excluding diaryl/α,β-unsaturated/α-hetero) is 6. The number of alkyl halides is 6. The van der Waals surface area contributed by atoms with Crippen LogP contribution in [0.25, 0.3) is 0 Å². The molecule has 0 unspecified atom stereocenters. The Morgan fingerprint density at radius 1 is 0.341 bits per heavy atom. The lowest BCUT2D eigenvalue weighted by molar-refractivity contribution is -0.276. The minimum absolute atomic E-state index is 0.0514. The first-order valence-electron chi connectivity index (χ1n) is 47.4. The standard InChI is InChI=1S/2C18H27ClN2O.2C17H25ClN2O3S.C16H21ClF3NO2.C16H21F4NO2/c2*1-13(2)18(22)17(14-4-6-15(19)7-5-14)12-21-10-8-16(20-3)9-11-21;2*1-13(2)17(21)16(14-4-6-15(18)7-5-14)12-19-8-10-20(11-9-19)24(3,22)23;1-9(2)15(22)12(8-21-10(3)4)11-5-6-13(17)14(7-11)23-16(18,19)20;1-9(2)15(22)12(8-21-10(3)4)11-5-6-14(13(17)7-11)23-16(18,19)20/h2*4-7,13,16-17,20H,8-12H2,1-3H3;2*4-7,13,16H,8-12H2,1-3H3;2*5-7,9-10,12,21H,8H2,1-4H3/t2*17-;2*16-;2*12-/m101011/s1. The molecule has 6 aromatic carbocycles. The van der Waals surface area contributed by atoms with E-state index in [-0.39, 0.29) is 106 Å². The van der Waals surface area contributed by atoms with Crippen molar-refractivity contribution in [2.75, 3.05) is 144 Å².